The van der Waals surface area contributed by atoms with Crippen molar-refractivity contribution in [2.45, 2.75) is 0 Å². The molecule has 0 spiro atoms. The third-order valence-corrected chi connectivity index (χ3v) is 0. The Kier molecular flexibility index (Phi) is 113. The topological polar surface area (TPSA) is 0 Å². The number of hydrogen-bond donors (Lipinski definition) is 0. The zero-order chi connectivity index (χ0) is 0. The van der Waals surface area contributed by atoms with Gasteiger partial charge in [0.05, 0.1) is 0 Å². The minimum absolute atomic E-state index is 0. The molecule has 0 amide bonds. The van der Waals surface area contributed by atoms with Gasteiger partial charge in [-0.2, -0.15) is 0 Å². The van der Waals surface area contributed by atoms with Crippen LogP contribution in [0.5, 0.6) is 0 Å². The van der Waals surface area contributed by atoms with Crippen LogP contribution in [0.15, 0.2) is 0 Å². The average Bonchev–Trinajstić information content (AvgIpc) is 0. The first-order chi connectivity index (χ1) is 0. The first-order valence-corrected chi connectivity index (χ1v) is 0. The van der Waals surface area contributed by atoms with Crippen molar-refractivity contribution in [1.82, 2.24) is 0 Å². The predicted molar refractivity (Wildman–Crippen MR) is 17.3 cm³/mol. The van der Waals surface area contributed by atoms with Gasteiger partial charge in [0.15, 0.2) is 0 Å². The van der Waals surface area contributed by atoms with Crippen LogP contribution >= 0.6 is 0 Å². The van der Waals surface area contributed by atoms with Gasteiger partial charge in [-0.15, -0.1) is 0 Å². The van der Waals surface area contributed by atoms with E-state index in [-0.39, 0.29) is 93.4 Å². The maximum Gasteiger partial charge on any atom is 0 e. The fraction of sp³-hybridized carbons (Fsp3) is 0. The van der Waals surface area contributed by atoms with E-state index in [0.29, 0.717) is 0 Å². The van der Waals surface area contributed by atoms with Crippen molar-refractivity contribution >= 4 is 71.7 Å². The molecule has 0 unspecified atom stereocenters. The van der Waals surface area contributed by atoms with Crippen molar-refractivity contribution in [2.24, 2.45) is 0 Å². The Morgan fingerprint density at radius 2 is 0.500 bits per heavy atom. The number of rotatable bonds is 0. The average molecular weight is 404 g/mol. The van der Waals surface area contributed by atoms with E-state index in [9.17, 15) is 0 Å². The monoisotopic (exact) mass is 408 g/mol. The zero-order valence-corrected chi connectivity index (χ0v) is 12.1. The van der Waals surface area contributed by atoms with Gasteiger partial charge in [-0.3, -0.25) is 0 Å². The van der Waals surface area contributed by atoms with E-state index in [1.54, 1.807) is 0 Å². The van der Waals surface area contributed by atoms with E-state index in [1.807, 2.05) is 0 Å². The molecule has 0 saturated heterocycles. The van der Waals surface area contributed by atoms with Crippen LogP contribution in [0.25, 0.3) is 0 Å². The van der Waals surface area contributed by atoms with Gasteiger partial charge in [0.2, 0.25) is 0 Å². The van der Waals surface area contributed by atoms with Gasteiger partial charge < -0.3 is 0 Å². The van der Waals surface area contributed by atoms with Crippen molar-refractivity contribution in [3.05, 3.63) is 0 Å². The summed E-state index contributed by atoms with van der Waals surface area (Å²) in [6, 6.07) is 0. The summed E-state index contributed by atoms with van der Waals surface area (Å²) in [4.78, 5) is 0. The Labute approximate surface area is 91.6 Å². The quantitative estimate of drug-likeness (QED) is 0.448. The first-order valence-electron chi connectivity index (χ1n) is 0. The molecule has 4 heteroatoms. The van der Waals surface area contributed by atoms with Gasteiger partial charge >= 0.3 is 0 Å². The molecule has 16 valence electrons. The van der Waals surface area contributed by atoms with E-state index in [4.69, 9.17) is 0 Å². The Morgan fingerprint density at radius 3 is 0.500 bits per heavy atom. The summed E-state index contributed by atoms with van der Waals surface area (Å²) in [5.41, 5.74) is 0. The van der Waals surface area contributed by atoms with Crippen molar-refractivity contribution < 1.29 is 21.7 Å². The molecule has 0 N–H and O–H groups in total. The van der Waals surface area contributed by atoms with Crippen LogP contribution in [0, 0.1) is 0 Å². The molecule has 4 heavy (non-hydrogen) atoms. The van der Waals surface area contributed by atoms with E-state index < -0.39 is 0 Å². The van der Waals surface area contributed by atoms with Crippen LogP contribution in [-0.4, -0.2) is 71.7 Å². The van der Waals surface area contributed by atoms with Crippen LogP contribution in [0.3, 0.4) is 0 Å². The summed E-state index contributed by atoms with van der Waals surface area (Å²) in [5.74, 6) is 0. The van der Waals surface area contributed by atoms with E-state index in [0.717, 1.165) is 0 Å². The number of hydrogen-bond acceptors (Lipinski definition) is 0. The van der Waals surface area contributed by atoms with Gasteiger partial charge in [-0.1, -0.05) is 0 Å². The second-order valence-electron chi connectivity index (χ2n) is 0. The summed E-state index contributed by atoms with van der Waals surface area (Å²) in [5, 5.41) is 0. The maximum absolute atomic E-state index is 0. The van der Waals surface area contributed by atoms with Gasteiger partial charge in [-0.25, -0.2) is 0 Å². The molecular formula is Sn3Ti. The third-order valence-electron chi connectivity index (χ3n) is 0. The smallest absolute Gasteiger partial charge is 0 e. The predicted octanol–water partition coefficient (Wildman–Crippen LogP) is -1.14. The Balaban J connectivity index is 0. The third kappa shape index (κ3) is 8.92. The minimum Gasteiger partial charge on any atom is 0 e. The largest absolute Gasteiger partial charge is 0 e. The van der Waals surface area contributed by atoms with E-state index in [2.05, 4.69) is 0 Å². The molecule has 0 bridgehead atoms. The Bertz CT molecular complexity index is 3.25. The standard InChI is InChI=1S/3Sn.Ti. The minimum atomic E-state index is 0. The second kappa shape index (κ2) is 16.5. The molecule has 0 saturated carbocycles. The van der Waals surface area contributed by atoms with Crippen LogP contribution in [0.1, 0.15) is 0 Å². The van der Waals surface area contributed by atoms with Crippen molar-refractivity contribution in [3.63, 3.8) is 0 Å². The first kappa shape index (κ1) is 27.4. The molecular weight excluding hydrogens is 404 g/mol. The molecule has 0 nitrogen and oxygen atoms in total. The molecule has 0 fully saturated rings. The summed E-state index contributed by atoms with van der Waals surface area (Å²) >= 11 is 0. The van der Waals surface area contributed by atoms with E-state index in [1.165, 1.54) is 0 Å². The van der Waals surface area contributed by atoms with Crippen molar-refractivity contribution in [2.75, 3.05) is 0 Å². The van der Waals surface area contributed by atoms with E-state index >= 15 is 0 Å². The molecule has 0 aromatic rings. The molecule has 0 rings (SSSR count). The molecule has 0 heterocycles. The summed E-state index contributed by atoms with van der Waals surface area (Å²) in [7, 11) is 0. The van der Waals surface area contributed by atoms with Gasteiger partial charge in [0, 0.05) is 93.4 Å². The van der Waals surface area contributed by atoms with Gasteiger partial charge in [0.1, 0.15) is 0 Å². The molecule has 0 aliphatic rings. The molecule has 0 aliphatic heterocycles. The molecule has 0 aromatic carbocycles. The summed E-state index contributed by atoms with van der Waals surface area (Å²) < 4.78 is 0. The molecule has 0 aliphatic carbocycles. The molecule has 0 atom stereocenters. The fourth-order valence-corrected chi connectivity index (χ4v) is 0. The fourth-order valence-electron chi connectivity index (χ4n) is 0. The van der Waals surface area contributed by atoms with Crippen LogP contribution in [0.4, 0.5) is 0 Å². The van der Waals surface area contributed by atoms with Crippen LogP contribution < -0.4 is 0 Å². The van der Waals surface area contributed by atoms with Gasteiger partial charge in [0.25, 0.3) is 0 Å². The second-order valence-corrected chi connectivity index (χ2v) is 0. The SMILES string of the molecule is [Sn].[Sn].[Sn].[Ti]. The summed E-state index contributed by atoms with van der Waals surface area (Å²) in [6.07, 6.45) is 0. The molecule has 12 radical (unpaired) electrons. The van der Waals surface area contributed by atoms with Crippen molar-refractivity contribution in [3.8, 4) is 0 Å². The van der Waals surface area contributed by atoms with Crippen LogP contribution in [-0.2, 0) is 21.7 Å². The zero-order valence-electron chi connectivity index (χ0n) is 2.00. The summed E-state index contributed by atoms with van der Waals surface area (Å²) in [6.45, 7) is 0. The normalized spacial score (nSPS) is 0. The van der Waals surface area contributed by atoms with Gasteiger partial charge in [-0.05, 0) is 0 Å². The molecule has 0 aromatic heterocycles. The van der Waals surface area contributed by atoms with Crippen molar-refractivity contribution in [1.29, 1.82) is 0 Å². The van der Waals surface area contributed by atoms with Crippen LogP contribution in [0.2, 0.25) is 0 Å². The Morgan fingerprint density at radius 1 is 0.500 bits per heavy atom. The Hall–Kier alpha value is 3.11. The maximum atomic E-state index is 0.